The molecule has 0 unspecified atom stereocenters. The van der Waals surface area contributed by atoms with E-state index in [0.717, 1.165) is 11.3 Å². The lowest BCUT2D eigenvalue weighted by atomic mass is 10.0. The molecular weight excluding hydrogens is 250 g/mol. The third kappa shape index (κ3) is 3.47. The van der Waals surface area contributed by atoms with Crippen LogP contribution in [0.1, 0.15) is 21.5 Å². The number of carbonyl (C=O) groups excluding carboxylic acids is 1. The average Bonchev–Trinajstić information content (AvgIpc) is 2.47. The van der Waals surface area contributed by atoms with E-state index in [2.05, 4.69) is 17.2 Å². The van der Waals surface area contributed by atoms with E-state index < -0.39 is 0 Å². The van der Waals surface area contributed by atoms with Crippen LogP contribution in [0.4, 0.5) is 5.69 Å². The lowest BCUT2D eigenvalue weighted by Crippen LogP contribution is -2.13. The first-order valence-corrected chi connectivity index (χ1v) is 6.27. The van der Waals surface area contributed by atoms with Crippen LogP contribution in [0.5, 0.6) is 0 Å². The van der Waals surface area contributed by atoms with Crippen LogP contribution < -0.4 is 5.32 Å². The Kier molecular flexibility index (Phi) is 4.54. The van der Waals surface area contributed by atoms with Gasteiger partial charge in [-0.25, -0.2) is 0 Å². The second kappa shape index (κ2) is 6.55. The van der Waals surface area contributed by atoms with Gasteiger partial charge in [-0.1, -0.05) is 41.7 Å². The molecule has 0 aliphatic heterocycles. The number of carbonyl (C=O) groups is 1. The largest absolute Gasteiger partial charge is 0.384 e. The molecule has 0 heterocycles. The third-order valence-corrected chi connectivity index (χ3v) is 2.75. The van der Waals surface area contributed by atoms with Gasteiger partial charge in [0, 0.05) is 11.3 Å². The number of aliphatic hydroxyl groups excluding tert-OH is 1. The van der Waals surface area contributed by atoms with Crippen molar-refractivity contribution in [2.45, 2.75) is 6.92 Å². The summed E-state index contributed by atoms with van der Waals surface area (Å²) in [6.07, 6.45) is 0. The molecule has 0 saturated heterocycles. The fourth-order valence-corrected chi connectivity index (χ4v) is 1.81. The van der Waals surface area contributed by atoms with Crippen molar-refractivity contribution in [3.05, 3.63) is 65.2 Å². The number of aryl methyl sites for hydroxylation is 1. The van der Waals surface area contributed by atoms with E-state index in [0.29, 0.717) is 11.1 Å². The number of anilines is 1. The zero-order chi connectivity index (χ0) is 14.4. The molecule has 100 valence electrons. The van der Waals surface area contributed by atoms with E-state index in [9.17, 15) is 4.79 Å². The summed E-state index contributed by atoms with van der Waals surface area (Å²) >= 11 is 0. The lowest BCUT2D eigenvalue weighted by molar-refractivity contribution is 0.102. The zero-order valence-electron chi connectivity index (χ0n) is 11.2. The van der Waals surface area contributed by atoms with E-state index in [1.165, 1.54) is 0 Å². The van der Waals surface area contributed by atoms with Crippen molar-refractivity contribution >= 4 is 11.6 Å². The molecule has 2 aromatic carbocycles. The van der Waals surface area contributed by atoms with Crippen molar-refractivity contribution < 1.29 is 9.90 Å². The number of para-hydroxylation sites is 1. The number of benzene rings is 2. The predicted molar refractivity (Wildman–Crippen MR) is 79.5 cm³/mol. The Morgan fingerprint density at radius 2 is 1.95 bits per heavy atom. The highest BCUT2D eigenvalue weighted by Crippen LogP contribution is 2.14. The molecule has 0 bridgehead atoms. The smallest absolute Gasteiger partial charge is 0.256 e. The van der Waals surface area contributed by atoms with Crippen molar-refractivity contribution in [2.75, 3.05) is 11.9 Å². The van der Waals surface area contributed by atoms with E-state index in [1.807, 2.05) is 43.3 Å². The van der Waals surface area contributed by atoms with Gasteiger partial charge in [0.2, 0.25) is 0 Å². The summed E-state index contributed by atoms with van der Waals surface area (Å²) in [4.78, 5) is 12.3. The highest BCUT2D eigenvalue weighted by molar-refractivity contribution is 6.06. The van der Waals surface area contributed by atoms with Gasteiger partial charge in [-0.15, -0.1) is 0 Å². The SMILES string of the molecule is Cc1ccc(C#CCO)c(C(=O)Nc2ccccc2)c1. The first kappa shape index (κ1) is 13.9. The average molecular weight is 265 g/mol. The Morgan fingerprint density at radius 1 is 1.20 bits per heavy atom. The van der Waals surface area contributed by atoms with Gasteiger partial charge in [0.05, 0.1) is 5.56 Å². The standard InChI is InChI=1S/C17H15NO2/c1-13-9-10-14(6-5-11-19)16(12-13)17(20)18-15-7-3-2-4-8-15/h2-4,7-10,12,19H,11H2,1H3,(H,18,20). The van der Waals surface area contributed by atoms with Gasteiger partial charge in [0.25, 0.3) is 5.91 Å². The number of hydrogen-bond donors (Lipinski definition) is 2. The first-order valence-electron chi connectivity index (χ1n) is 6.27. The molecule has 3 heteroatoms. The van der Waals surface area contributed by atoms with E-state index in [1.54, 1.807) is 12.1 Å². The molecule has 0 radical (unpaired) electrons. The molecule has 0 fully saturated rings. The van der Waals surface area contributed by atoms with Gasteiger partial charge in [0.1, 0.15) is 6.61 Å². The zero-order valence-corrected chi connectivity index (χ0v) is 11.2. The van der Waals surface area contributed by atoms with Gasteiger partial charge < -0.3 is 10.4 Å². The fraction of sp³-hybridized carbons (Fsp3) is 0.118. The van der Waals surface area contributed by atoms with Gasteiger partial charge in [-0.2, -0.15) is 0 Å². The number of nitrogens with one attached hydrogen (secondary N) is 1. The van der Waals surface area contributed by atoms with E-state index in [4.69, 9.17) is 5.11 Å². The van der Waals surface area contributed by atoms with Crippen LogP contribution in [0.2, 0.25) is 0 Å². The number of hydrogen-bond acceptors (Lipinski definition) is 2. The normalized spacial score (nSPS) is 9.50. The molecule has 0 spiro atoms. The van der Waals surface area contributed by atoms with Crippen molar-refractivity contribution in [2.24, 2.45) is 0 Å². The van der Waals surface area contributed by atoms with Crippen molar-refractivity contribution in [3.8, 4) is 11.8 Å². The highest BCUT2D eigenvalue weighted by Gasteiger charge is 2.10. The van der Waals surface area contributed by atoms with Crippen molar-refractivity contribution in [1.29, 1.82) is 0 Å². The molecule has 0 aliphatic rings. The number of rotatable bonds is 2. The summed E-state index contributed by atoms with van der Waals surface area (Å²) in [7, 11) is 0. The Labute approximate surface area is 118 Å². The molecule has 2 rings (SSSR count). The molecule has 2 aromatic rings. The maximum absolute atomic E-state index is 12.3. The summed E-state index contributed by atoms with van der Waals surface area (Å²) in [6.45, 7) is 1.69. The molecule has 20 heavy (non-hydrogen) atoms. The van der Waals surface area contributed by atoms with Crippen molar-refractivity contribution in [1.82, 2.24) is 0 Å². The third-order valence-electron chi connectivity index (χ3n) is 2.75. The minimum Gasteiger partial charge on any atom is -0.384 e. The molecular formula is C17H15NO2. The van der Waals surface area contributed by atoms with E-state index in [-0.39, 0.29) is 12.5 Å². The van der Waals surface area contributed by atoms with Crippen LogP contribution in [0.3, 0.4) is 0 Å². The molecule has 0 atom stereocenters. The summed E-state index contributed by atoms with van der Waals surface area (Å²) in [5.74, 6) is 5.16. The fourth-order valence-electron chi connectivity index (χ4n) is 1.81. The minimum absolute atomic E-state index is 0.206. The summed E-state index contributed by atoms with van der Waals surface area (Å²) in [5.41, 5.74) is 2.84. The second-order valence-electron chi connectivity index (χ2n) is 4.33. The number of aliphatic hydroxyl groups is 1. The second-order valence-corrected chi connectivity index (χ2v) is 4.33. The molecule has 0 aliphatic carbocycles. The topological polar surface area (TPSA) is 49.3 Å². The van der Waals surface area contributed by atoms with Crippen molar-refractivity contribution in [3.63, 3.8) is 0 Å². The van der Waals surface area contributed by atoms with Crippen LogP contribution in [-0.2, 0) is 0 Å². The predicted octanol–water partition coefficient (Wildman–Crippen LogP) is 2.59. The lowest BCUT2D eigenvalue weighted by Gasteiger charge is -2.08. The van der Waals surface area contributed by atoms with Crippen LogP contribution >= 0.6 is 0 Å². The Hall–Kier alpha value is -2.57. The maximum Gasteiger partial charge on any atom is 0.256 e. The first-order chi connectivity index (χ1) is 9.70. The summed E-state index contributed by atoms with van der Waals surface area (Å²) < 4.78 is 0. The number of amides is 1. The van der Waals surface area contributed by atoms with Gasteiger partial charge in [-0.3, -0.25) is 4.79 Å². The Bertz CT molecular complexity index is 666. The quantitative estimate of drug-likeness (QED) is 0.820. The van der Waals surface area contributed by atoms with Crippen LogP contribution in [-0.4, -0.2) is 17.6 Å². The minimum atomic E-state index is -0.229. The monoisotopic (exact) mass is 265 g/mol. The Balaban J connectivity index is 2.31. The maximum atomic E-state index is 12.3. The van der Waals surface area contributed by atoms with Crippen LogP contribution in [0, 0.1) is 18.8 Å². The Morgan fingerprint density at radius 3 is 2.65 bits per heavy atom. The molecule has 1 amide bonds. The van der Waals surface area contributed by atoms with Gasteiger partial charge in [-0.05, 0) is 31.2 Å². The molecule has 2 N–H and O–H groups in total. The summed E-state index contributed by atoms with van der Waals surface area (Å²) in [6, 6.07) is 14.7. The van der Waals surface area contributed by atoms with Gasteiger partial charge in [0.15, 0.2) is 0 Å². The van der Waals surface area contributed by atoms with Crippen LogP contribution in [0.25, 0.3) is 0 Å². The summed E-state index contributed by atoms with van der Waals surface area (Å²) in [5, 5.41) is 11.6. The van der Waals surface area contributed by atoms with Gasteiger partial charge >= 0.3 is 0 Å². The molecule has 0 saturated carbocycles. The molecule has 3 nitrogen and oxygen atoms in total. The van der Waals surface area contributed by atoms with Crippen LogP contribution in [0.15, 0.2) is 48.5 Å². The van der Waals surface area contributed by atoms with E-state index >= 15 is 0 Å². The highest BCUT2D eigenvalue weighted by atomic mass is 16.2. The molecule has 0 aromatic heterocycles.